The van der Waals surface area contributed by atoms with Crippen LogP contribution in [0.4, 0.5) is 4.79 Å². The minimum Gasteiger partial charge on any atom is -0.454 e. The van der Waals surface area contributed by atoms with Crippen molar-refractivity contribution in [2.24, 2.45) is 0 Å². The maximum absolute atomic E-state index is 10.4. The summed E-state index contributed by atoms with van der Waals surface area (Å²) in [5.74, 6) is 0. The highest BCUT2D eigenvalue weighted by Crippen LogP contribution is 2.14. The lowest BCUT2D eigenvalue weighted by Gasteiger charge is -2.04. The molecule has 0 aromatic carbocycles. The number of carbonyl (C=O) groups is 1. The summed E-state index contributed by atoms with van der Waals surface area (Å²) in [5.41, 5.74) is -0.679. The molecule has 0 aliphatic rings. The Morgan fingerprint density at radius 3 is 1.22 bits per heavy atom. The second-order valence-corrected chi connectivity index (χ2v) is 7.05. The zero-order valence-electron chi connectivity index (χ0n) is 15.4. The number of carbonyl (C=O) groups excluding carboxylic acids is 1. The molecule has 0 aliphatic carbocycles. The molecule has 0 saturated carbocycles. The molecule has 0 aromatic rings. The van der Waals surface area contributed by atoms with Crippen LogP contribution in [0.15, 0.2) is 0 Å². The minimum atomic E-state index is -0.679. The fraction of sp³-hybridized carbons (Fsp3) is 0.950. The van der Waals surface area contributed by atoms with Crippen LogP contribution >= 0.6 is 11.6 Å². The first-order valence-electron chi connectivity index (χ1n) is 10.1. The maximum Gasteiger partial charge on any atom is 0.403 e. The SMILES string of the molecule is CCCCCCCCCCCCCCCCCCCOC(=O)Cl. The summed E-state index contributed by atoms with van der Waals surface area (Å²) in [6, 6.07) is 0. The van der Waals surface area contributed by atoms with Gasteiger partial charge in [-0.25, -0.2) is 4.79 Å². The van der Waals surface area contributed by atoms with Crippen molar-refractivity contribution < 1.29 is 9.53 Å². The molecule has 0 spiro atoms. The predicted octanol–water partition coefficient (Wildman–Crippen LogP) is 8.01. The van der Waals surface area contributed by atoms with Crippen LogP contribution in [0.3, 0.4) is 0 Å². The molecular weight excluding hydrogens is 308 g/mol. The normalized spacial score (nSPS) is 10.9. The molecule has 0 unspecified atom stereocenters. The summed E-state index contributed by atoms with van der Waals surface area (Å²) in [6.07, 6.45) is 23.1. The van der Waals surface area contributed by atoms with E-state index in [1.807, 2.05) is 0 Å². The van der Waals surface area contributed by atoms with E-state index in [9.17, 15) is 4.79 Å². The van der Waals surface area contributed by atoms with Crippen LogP contribution in [0, 0.1) is 0 Å². The fourth-order valence-corrected chi connectivity index (χ4v) is 3.06. The summed E-state index contributed by atoms with van der Waals surface area (Å²) in [7, 11) is 0. The molecule has 138 valence electrons. The summed E-state index contributed by atoms with van der Waals surface area (Å²) in [5, 5.41) is 0. The first kappa shape index (κ1) is 22.8. The molecule has 0 N–H and O–H groups in total. The molecule has 0 atom stereocenters. The molecule has 0 radical (unpaired) electrons. The maximum atomic E-state index is 10.4. The Morgan fingerprint density at radius 2 is 0.913 bits per heavy atom. The van der Waals surface area contributed by atoms with Gasteiger partial charge in [0.25, 0.3) is 0 Å². The van der Waals surface area contributed by atoms with Gasteiger partial charge in [-0.3, -0.25) is 0 Å². The number of hydrogen-bond acceptors (Lipinski definition) is 2. The zero-order chi connectivity index (χ0) is 17.0. The standard InChI is InChI=1S/C20H39ClO2/c1-2-3-4-5-6-7-8-9-10-11-12-13-14-15-16-17-18-19-23-20(21)22/h2-19H2,1H3. The van der Waals surface area contributed by atoms with Gasteiger partial charge in [0.1, 0.15) is 0 Å². The Labute approximate surface area is 149 Å². The molecule has 2 nitrogen and oxygen atoms in total. The largest absolute Gasteiger partial charge is 0.454 e. The van der Waals surface area contributed by atoms with Crippen LogP contribution in [-0.2, 0) is 4.74 Å². The number of ether oxygens (including phenoxy) is 1. The lowest BCUT2D eigenvalue weighted by atomic mass is 10.0. The van der Waals surface area contributed by atoms with E-state index in [2.05, 4.69) is 6.92 Å². The first-order valence-corrected chi connectivity index (χ1v) is 10.5. The smallest absolute Gasteiger partial charge is 0.403 e. The molecule has 0 aromatic heterocycles. The third-order valence-corrected chi connectivity index (χ3v) is 4.57. The second kappa shape index (κ2) is 19.8. The lowest BCUT2D eigenvalue weighted by Crippen LogP contribution is -1.96. The summed E-state index contributed by atoms with van der Waals surface area (Å²) >= 11 is 5.09. The van der Waals surface area contributed by atoms with Gasteiger partial charge < -0.3 is 4.74 Å². The average molecular weight is 347 g/mol. The van der Waals surface area contributed by atoms with E-state index in [0.717, 1.165) is 12.8 Å². The van der Waals surface area contributed by atoms with Gasteiger partial charge in [-0.2, -0.15) is 0 Å². The molecule has 0 rings (SSSR count). The monoisotopic (exact) mass is 346 g/mol. The summed E-state index contributed by atoms with van der Waals surface area (Å²) in [6.45, 7) is 2.75. The predicted molar refractivity (Wildman–Crippen MR) is 101 cm³/mol. The molecule has 0 saturated heterocycles. The molecule has 0 aliphatic heterocycles. The number of rotatable bonds is 18. The molecular formula is C20H39ClO2. The Balaban J connectivity index is 2.96. The second-order valence-electron chi connectivity index (χ2n) is 6.74. The first-order chi connectivity index (χ1) is 11.3. The van der Waals surface area contributed by atoms with Crippen molar-refractivity contribution in [2.75, 3.05) is 6.61 Å². The van der Waals surface area contributed by atoms with Crippen molar-refractivity contribution in [3.63, 3.8) is 0 Å². The third-order valence-electron chi connectivity index (χ3n) is 4.46. The van der Waals surface area contributed by atoms with Crippen LogP contribution in [-0.4, -0.2) is 12.0 Å². The Kier molecular flexibility index (Phi) is 19.6. The van der Waals surface area contributed by atoms with Crippen molar-refractivity contribution in [3.8, 4) is 0 Å². The zero-order valence-corrected chi connectivity index (χ0v) is 16.2. The lowest BCUT2D eigenvalue weighted by molar-refractivity contribution is 0.170. The molecule has 0 fully saturated rings. The van der Waals surface area contributed by atoms with Crippen molar-refractivity contribution in [1.29, 1.82) is 0 Å². The highest BCUT2D eigenvalue weighted by Gasteiger charge is 1.96. The highest BCUT2D eigenvalue weighted by molar-refractivity contribution is 6.61. The topological polar surface area (TPSA) is 26.3 Å². The molecule has 3 heteroatoms. The van der Waals surface area contributed by atoms with Gasteiger partial charge in [0, 0.05) is 11.6 Å². The van der Waals surface area contributed by atoms with E-state index in [0.29, 0.717) is 6.61 Å². The molecule has 0 amide bonds. The fourth-order valence-electron chi connectivity index (χ4n) is 2.98. The van der Waals surface area contributed by atoms with E-state index < -0.39 is 5.43 Å². The van der Waals surface area contributed by atoms with Crippen LogP contribution in [0.5, 0.6) is 0 Å². The van der Waals surface area contributed by atoms with E-state index in [1.165, 1.54) is 96.3 Å². The van der Waals surface area contributed by atoms with Crippen molar-refractivity contribution in [1.82, 2.24) is 0 Å². The average Bonchev–Trinajstić information content (AvgIpc) is 2.53. The third kappa shape index (κ3) is 21.8. The summed E-state index contributed by atoms with van der Waals surface area (Å²) < 4.78 is 4.69. The van der Waals surface area contributed by atoms with Crippen LogP contribution in [0.25, 0.3) is 0 Å². The van der Waals surface area contributed by atoms with Gasteiger partial charge in [0.05, 0.1) is 6.61 Å². The number of hydrogen-bond donors (Lipinski definition) is 0. The van der Waals surface area contributed by atoms with E-state index in [4.69, 9.17) is 16.3 Å². The van der Waals surface area contributed by atoms with Crippen LogP contribution in [0.2, 0.25) is 0 Å². The number of halogens is 1. The van der Waals surface area contributed by atoms with Gasteiger partial charge in [-0.1, -0.05) is 110 Å². The Hall–Kier alpha value is -0.240. The molecule has 23 heavy (non-hydrogen) atoms. The van der Waals surface area contributed by atoms with Gasteiger partial charge in [-0.05, 0) is 6.42 Å². The Bertz CT molecular complexity index is 244. The number of unbranched alkanes of at least 4 members (excludes halogenated alkanes) is 16. The van der Waals surface area contributed by atoms with Crippen LogP contribution in [0.1, 0.15) is 116 Å². The quantitative estimate of drug-likeness (QED) is 0.185. The summed E-state index contributed by atoms with van der Waals surface area (Å²) in [4.78, 5) is 10.4. The Morgan fingerprint density at radius 1 is 0.609 bits per heavy atom. The van der Waals surface area contributed by atoms with E-state index >= 15 is 0 Å². The highest BCUT2D eigenvalue weighted by atomic mass is 35.5. The molecule has 0 heterocycles. The van der Waals surface area contributed by atoms with Crippen molar-refractivity contribution in [2.45, 2.75) is 116 Å². The van der Waals surface area contributed by atoms with Gasteiger partial charge >= 0.3 is 5.43 Å². The van der Waals surface area contributed by atoms with Gasteiger partial charge in [0.15, 0.2) is 0 Å². The van der Waals surface area contributed by atoms with E-state index in [1.54, 1.807) is 0 Å². The van der Waals surface area contributed by atoms with Crippen molar-refractivity contribution >= 4 is 17.0 Å². The molecule has 0 bridgehead atoms. The van der Waals surface area contributed by atoms with Gasteiger partial charge in [-0.15, -0.1) is 0 Å². The minimum absolute atomic E-state index is 0.473. The van der Waals surface area contributed by atoms with Gasteiger partial charge in [0.2, 0.25) is 0 Å². The van der Waals surface area contributed by atoms with E-state index in [-0.39, 0.29) is 0 Å². The van der Waals surface area contributed by atoms with Crippen molar-refractivity contribution in [3.05, 3.63) is 0 Å². The van der Waals surface area contributed by atoms with Crippen LogP contribution < -0.4 is 0 Å².